The topological polar surface area (TPSA) is 90.0 Å². The minimum Gasteiger partial charge on any atom is -0.343 e. The van der Waals surface area contributed by atoms with Gasteiger partial charge in [-0.3, -0.25) is 19.3 Å². The highest BCUT2D eigenvalue weighted by Gasteiger charge is 2.54. The summed E-state index contributed by atoms with van der Waals surface area (Å²) in [5.41, 5.74) is -0.233. The van der Waals surface area contributed by atoms with E-state index in [1.165, 1.54) is 17.0 Å². The molecule has 9 heteroatoms. The van der Waals surface area contributed by atoms with Gasteiger partial charge in [-0.2, -0.15) is 0 Å². The second-order valence-corrected chi connectivity index (χ2v) is 8.86. The molecule has 1 aromatic carbocycles. The van der Waals surface area contributed by atoms with Crippen LogP contribution in [0.5, 0.6) is 0 Å². The summed E-state index contributed by atoms with van der Waals surface area (Å²) in [5, 5.41) is 2.89. The van der Waals surface area contributed by atoms with Crippen LogP contribution in [-0.2, 0) is 20.8 Å². The fraction of sp³-hybridized carbons (Fsp3) is 0.565. The smallest absolute Gasteiger partial charge is 0.325 e. The Morgan fingerprint density at radius 2 is 1.75 bits per heavy atom. The van der Waals surface area contributed by atoms with E-state index in [0.29, 0.717) is 58.3 Å². The van der Waals surface area contributed by atoms with Crippen molar-refractivity contribution in [2.24, 2.45) is 0 Å². The largest absolute Gasteiger partial charge is 0.343 e. The predicted octanol–water partition coefficient (Wildman–Crippen LogP) is 1.68. The quantitative estimate of drug-likeness (QED) is 0.716. The van der Waals surface area contributed by atoms with Crippen molar-refractivity contribution in [1.29, 1.82) is 0 Å². The molecule has 0 radical (unpaired) electrons. The maximum absolute atomic E-state index is 13.3. The Labute approximate surface area is 186 Å². The highest BCUT2D eigenvalue weighted by Crippen LogP contribution is 2.32. The van der Waals surface area contributed by atoms with Crippen molar-refractivity contribution in [2.75, 3.05) is 26.2 Å². The Hall–Kier alpha value is -2.97. The molecule has 0 bridgehead atoms. The number of amides is 5. The maximum Gasteiger partial charge on any atom is 0.325 e. The van der Waals surface area contributed by atoms with Crippen molar-refractivity contribution in [3.8, 4) is 0 Å². The number of piperidine rings is 2. The van der Waals surface area contributed by atoms with E-state index in [4.69, 9.17) is 0 Å². The molecule has 0 saturated carbocycles. The lowest BCUT2D eigenvalue weighted by molar-refractivity contribution is -0.141. The summed E-state index contributed by atoms with van der Waals surface area (Å²) in [6.45, 7) is 3.57. The zero-order valence-electron chi connectivity index (χ0n) is 18.3. The van der Waals surface area contributed by atoms with E-state index in [1.54, 1.807) is 21.9 Å². The number of urea groups is 1. The van der Waals surface area contributed by atoms with E-state index >= 15 is 0 Å². The number of carbonyl (C=O) groups is 4. The van der Waals surface area contributed by atoms with E-state index in [9.17, 15) is 23.6 Å². The van der Waals surface area contributed by atoms with Crippen molar-refractivity contribution in [3.05, 3.63) is 35.6 Å². The molecule has 1 N–H and O–H groups in total. The average molecular weight is 445 g/mol. The van der Waals surface area contributed by atoms with Crippen LogP contribution in [-0.4, -0.2) is 76.2 Å². The van der Waals surface area contributed by atoms with Crippen LogP contribution in [0.3, 0.4) is 0 Å². The van der Waals surface area contributed by atoms with Gasteiger partial charge in [-0.15, -0.1) is 0 Å². The number of likely N-dealkylation sites (tertiary alicyclic amines) is 2. The van der Waals surface area contributed by atoms with Crippen LogP contribution in [0.15, 0.2) is 24.3 Å². The van der Waals surface area contributed by atoms with Gasteiger partial charge in [-0.25, -0.2) is 9.18 Å². The molecule has 3 fully saturated rings. The third-order valence-electron chi connectivity index (χ3n) is 6.85. The fourth-order valence-corrected chi connectivity index (χ4v) is 4.95. The van der Waals surface area contributed by atoms with Crippen molar-refractivity contribution in [3.63, 3.8) is 0 Å². The van der Waals surface area contributed by atoms with Gasteiger partial charge in [0.25, 0.3) is 5.91 Å². The first kappa shape index (κ1) is 22.2. The van der Waals surface area contributed by atoms with Crippen LogP contribution < -0.4 is 5.32 Å². The van der Waals surface area contributed by atoms with E-state index in [2.05, 4.69) is 5.32 Å². The van der Waals surface area contributed by atoms with Crippen LogP contribution in [0.25, 0.3) is 0 Å². The molecule has 32 heavy (non-hydrogen) atoms. The number of rotatable bonds is 4. The van der Waals surface area contributed by atoms with E-state index in [0.717, 1.165) is 5.56 Å². The highest BCUT2D eigenvalue weighted by molar-refractivity contribution is 6.07. The van der Waals surface area contributed by atoms with Crippen molar-refractivity contribution >= 4 is 23.8 Å². The zero-order valence-corrected chi connectivity index (χ0v) is 18.3. The normalized spacial score (nSPS) is 22.9. The number of hydrogen-bond donors (Lipinski definition) is 1. The number of carbonyl (C=O) groups excluding carboxylic acids is 4. The minimum atomic E-state index is -0.956. The Morgan fingerprint density at radius 1 is 1.06 bits per heavy atom. The number of nitrogens with zero attached hydrogens (tertiary/aromatic N) is 3. The number of halogens is 1. The first-order valence-electron chi connectivity index (χ1n) is 11.3. The molecule has 3 aliphatic rings. The standard InChI is InChI=1S/C23H29FN4O4/c1-2-19(29)26-12-9-23(10-13-26)21(31)28(22(32)25-23)18-4-3-11-27(15-18)20(30)14-16-5-7-17(24)8-6-16/h5-8,18H,2-4,9-15H2,1H3,(H,25,32)/t18-/m1/s1. The van der Waals surface area contributed by atoms with Crippen LogP contribution >= 0.6 is 0 Å². The predicted molar refractivity (Wildman–Crippen MR) is 114 cm³/mol. The third-order valence-corrected chi connectivity index (χ3v) is 6.85. The third kappa shape index (κ3) is 4.20. The summed E-state index contributed by atoms with van der Waals surface area (Å²) < 4.78 is 13.1. The Balaban J connectivity index is 1.40. The van der Waals surface area contributed by atoms with Crippen molar-refractivity contribution in [1.82, 2.24) is 20.0 Å². The first-order valence-corrected chi connectivity index (χ1v) is 11.3. The van der Waals surface area contributed by atoms with Crippen molar-refractivity contribution < 1.29 is 23.6 Å². The number of nitrogens with one attached hydrogen (secondary N) is 1. The van der Waals surface area contributed by atoms with E-state index < -0.39 is 11.6 Å². The molecule has 1 spiro atoms. The van der Waals surface area contributed by atoms with Gasteiger partial charge < -0.3 is 15.1 Å². The number of hydrogen-bond acceptors (Lipinski definition) is 4. The lowest BCUT2D eigenvalue weighted by Crippen LogP contribution is -2.57. The Morgan fingerprint density at radius 3 is 2.41 bits per heavy atom. The number of benzene rings is 1. The second kappa shape index (κ2) is 8.88. The highest BCUT2D eigenvalue weighted by atomic mass is 19.1. The molecule has 0 aliphatic carbocycles. The van der Waals surface area contributed by atoms with Crippen LogP contribution in [0.4, 0.5) is 9.18 Å². The zero-order chi connectivity index (χ0) is 22.9. The molecular weight excluding hydrogens is 415 g/mol. The molecule has 0 unspecified atom stereocenters. The molecule has 1 aromatic rings. The summed E-state index contributed by atoms with van der Waals surface area (Å²) in [5.74, 6) is -0.647. The van der Waals surface area contributed by atoms with Gasteiger partial charge in [0.15, 0.2) is 0 Å². The van der Waals surface area contributed by atoms with Crippen LogP contribution in [0, 0.1) is 5.82 Å². The summed E-state index contributed by atoms with van der Waals surface area (Å²) in [6, 6.07) is 5.05. The van der Waals surface area contributed by atoms with Gasteiger partial charge in [-0.05, 0) is 43.4 Å². The molecule has 4 rings (SSSR count). The molecule has 5 amide bonds. The summed E-state index contributed by atoms with van der Waals surface area (Å²) in [7, 11) is 0. The second-order valence-electron chi connectivity index (χ2n) is 8.86. The summed E-state index contributed by atoms with van der Waals surface area (Å²) >= 11 is 0. The van der Waals surface area contributed by atoms with Gasteiger partial charge in [0.2, 0.25) is 11.8 Å². The molecule has 172 valence electrons. The maximum atomic E-state index is 13.3. The lowest BCUT2D eigenvalue weighted by Gasteiger charge is -2.39. The van der Waals surface area contributed by atoms with E-state index in [-0.39, 0.29) is 36.0 Å². The molecule has 3 heterocycles. The van der Waals surface area contributed by atoms with E-state index in [1.807, 2.05) is 6.92 Å². The molecular formula is C23H29FN4O4. The average Bonchev–Trinajstić information content (AvgIpc) is 3.04. The molecule has 1 atom stereocenters. The SMILES string of the molecule is CCC(=O)N1CCC2(CC1)NC(=O)N([C@@H]1CCCN(C(=O)Cc3ccc(F)cc3)C1)C2=O. The van der Waals surface area contributed by atoms with Crippen LogP contribution in [0.2, 0.25) is 0 Å². The number of imide groups is 1. The molecule has 0 aromatic heterocycles. The lowest BCUT2D eigenvalue weighted by atomic mass is 9.87. The summed E-state index contributed by atoms with van der Waals surface area (Å²) in [6.07, 6.45) is 2.72. The summed E-state index contributed by atoms with van der Waals surface area (Å²) in [4.78, 5) is 55.6. The monoisotopic (exact) mass is 444 g/mol. The Bertz CT molecular complexity index is 911. The fourth-order valence-electron chi connectivity index (χ4n) is 4.95. The Kier molecular flexibility index (Phi) is 6.17. The molecule has 3 saturated heterocycles. The molecule has 8 nitrogen and oxygen atoms in total. The van der Waals surface area contributed by atoms with Gasteiger partial charge in [0.05, 0.1) is 12.5 Å². The van der Waals surface area contributed by atoms with Gasteiger partial charge >= 0.3 is 6.03 Å². The van der Waals surface area contributed by atoms with Gasteiger partial charge in [0.1, 0.15) is 11.4 Å². The van der Waals surface area contributed by atoms with Crippen molar-refractivity contribution in [2.45, 2.75) is 57.0 Å². The van der Waals surface area contributed by atoms with Gasteiger partial charge in [0, 0.05) is 32.6 Å². The minimum absolute atomic E-state index is 0.0519. The first-order chi connectivity index (χ1) is 15.3. The van der Waals surface area contributed by atoms with Gasteiger partial charge in [-0.1, -0.05) is 19.1 Å². The van der Waals surface area contributed by atoms with Crippen LogP contribution in [0.1, 0.15) is 44.6 Å². The molecule has 3 aliphatic heterocycles.